The highest BCUT2D eigenvalue weighted by Crippen LogP contribution is 2.58. The number of amides is 3. The van der Waals surface area contributed by atoms with Crippen LogP contribution < -0.4 is 10.6 Å². The maximum atomic E-state index is 14.0. The Hall–Kier alpha value is -1.87. The van der Waals surface area contributed by atoms with Crippen molar-refractivity contribution < 1.29 is 23.9 Å². The van der Waals surface area contributed by atoms with Gasteiger partial charge in [-0.2, -0.15) is 0 Å². The summed E-state index contributed by atoms with van der Waals surface area (Å²) >= 11 is 12.2. The van der Waals surface area contributed by atoms with Gasteiger partial charge in [0.05, 0.1) is 24.0 Å². The van der Waals surface area contributed by atoms with Crippen LogP contribution in [0.15, 0.2) is 18.2 Å². The lowest BCUT2D eigenvalue weighted by Gasteiger charge is -2.35. The number of nitrogens with one attached hydrogen (secondary N) is 2. The Morgan fingerprint density at radius 2 is 1.76 bits per heavy atom. The van der Waals surface area contributed by atoms with E-state index in [0.29, 0.717) is 41.7 Å². The summed E-state index contributed by atoms with van der Waals surface area (Å²) in [7, 11) is 0. The molecule has 4 heterocycles. The minimum atomic E-state index is -1.01. The van der Waals surface area contributed by atoms with Crippen molar-refractivity contribution >= 4 is 46.6 Å². The van der Waals surface area contributed by atoms with Crippen molar-refractivity contribution in [2.24, 2.45) is 11.8 Å². The second-order valence-electron chi connectivity index (χ2n) is 11.2. The first-order valence-electron chi connectivity index (χ1n) is 13.5. The standard InChI is InChI=1S/C27H33Cl2N3O5/c28-15-11-16(29)13-18(12-15)31-24(33)21-20-8-9-27(37-20)22(21)26(35)32(14-19-7-4-10-36-19)23(27)25(34)30-17-5-2-1-3-6-17/h11-13,17,19-23H,1-10,14H2,(H,30,34)(H,31,33). The lowest BCUT2D eigenvalue weighted by atomic mass is 9.70. The molecule has 6 unspecified atom stereocenters. The second kappa shape index (κ2) is 10.0. The van der Waals surface area contributed by atoms with E-state index in [2.05, 4.69) is 10.6 Å². The Kier molecular flexibility index (Phi) is 6.88. The lowest BCUT2D eigenvalue weighted by Crippen LogP contribution is -2.57. The van der Waals surface area contributed by atoms with Gasteiger partial charge in [-0.15, -0.1) is 0 Å². The van der Waals surface area contributed by atoms with Gasteiger partial charge in [0.1, 0.15) is 11.6 Å². The molecule has 1 saturated carbocycles. The highest BCUT2D eigenvalue weighted by atomic mass is 35.5. The van der Waals surface area contributed by atoms with E-state index in [1.807, 2.05) is 0 Å². The van der Waals surface area contributed by atoms with E-state index in [0.717, 1.165) is 38.5 Å². The molecular formula is C27H33Cl2N3O5. The van der Waals surface area contributed by atoms with Crippen LogP contribution in [0.2, 0.25) is 10.0 Å². The van der Waals surface area contributed by atoms with Crippen molar-refractivity contribution in [3.05, 3.63) is 28.2 Å². The molecule has 0 radical (unpaired) electrons. The van der Waals surface area contributed by atoms with Crippen molar-refractivity contribution in [1.29, 1.82) is 0 Å². The van der Waals surface area contributed by atoms with Gasteiger partial charge >= 0.3 is 0 Å². The third-order valence-corrected chi connectivity index (χ3v) is 9.29. The molecular weight excluding hydrogens is 517 g/mol. The number of halogens is 2. The maximum Gasteiger partial charge on any atom is 0.246 e. The highest BCUT2D eigenvalue weighted by molar-refractivity contribution is 6.35. The fourth-order valence-corrected chi connectivity index (χ4v) is 7.86. The Bertz CT molecular complexity index is 1070. The average molecular weight is 550 g/mol. The summed E-state index contributed by atoms with van der Waals surface area (Å²) in [5, 5.41) is 6.94. The number of ether oxygens (including phenoxy) is 2. The molecule has 6 rings (SSSR count). The van der Waals surface area contributed by atoms with Crippen LogP contribution >= 0.6 is 23.2 Å². The number of hydrogen-bond donors (Lipinski definition) is 2. The fraction of sp³-hybridized carbons (Fsp3) is 0.667. The van der Waals surface area contributed by atoms with Gasteiger partial charge in [-0.3, -0.25) is 14.4 Å². The number of carbonyl (C=O) groups is 3. The molecule has 4 saturated heterocycles. The SMILES string of the molecule is O=C(Nc1cc(Cl)cc(Cl)c1)C1C2CCC3(O2)C1C(=O)N(CC1CCCO1)C3C(=O)NC1CCCCC1. The molecule has 1 aromatic carbocycles. The Morgan fingerprint density at radius 3 is 2.46 bits per heavy atom. The van der Waals surface area contributed by atoms with Crippen LogP contribution in [0.1, 0.15) is 57.8 Å². The molecule has 1 aliphatic carbocycles. The third-order valence-electron chi connectivity index (χ3n) is 8.86. The lowest BCUT2D eigenvalue weighted by molar-refractivity contribution is -0.143. The number of rotatable bonds is 6. The van der Waals surface area contributed by atoms with Crippen molar-refractivity contribution in [1.82, 2.24) is 10.2 Å². The summed E-state index contributed by atoms with van der Waals surface area (Å²) in [6.07, 6.45) is 7.73. The van der Waals surface area contributed by atoms with Gasteiger partial charge < -0.3 is 25.0 Å². The summed E-state index contributed by atoms with van der Waals surface area (Å²) in [5.74, 6) is -2.08. The summed E-state index contributed by atoms with van der Waals surface area (Å²) < 4.78 is 12.4. The Morgan fingerprint density at radius 1 is 1.00 bits per heavy atom. The van der Waals surface area contributed by atoms with Crippen LogP contribution in [-0.2, 0) is 23.9 Å². The van der Waals surface area contributed by atoms with Crippen LogP contribution in [0.25, 0.3) is 0 Å². The predicted molar refractivity (Wildman–Crippen MR) is 138 cm³/mol. The monoisotopic (exact) mass is 549 g/mol. The molecule has 37 heavy (non-hydrogen) atoms. The van der Waals surface area contributed by atoms with Gasteiger partial charge in [0.15, 0.2) is 0 Å². The minimum absolute atomic E-state index is 0.109. The van der Waals surface area contributed by atoms with E-state index in [9.17, 15) is 14.4 Å². The van der Waals surface area contributed by atoms with Gasteiger partial charge in [0.2, 0.25) is 17.7 Å². The first-order valence-corrected chi connectivity index (χ1v) is 14.3. The van der Waals surface area contributed by atoms with Crippen molar-refractivity contribution in [3.63, 3.8) is 0 Å². The molecule has 200 valence electrons. The van der Waals surface area contributed by atoms with Crippen LogP contribution in [-0.4, -0.2) is 65.7 Å². The van der Waals surface area contributed by atoms with E-state index in [1.165, 1.54) is 6.42 Å². The molecule has 1 spiro atoms. The smallest absolute Gasteiger partial charge is 0.246 e. The molecule has 0 aromatic heterocycles. The number of carbonyl (C=O) groups excluding carboxylic acids is 3. The first kappa shape index (κ1) is 25.4. The van der Waals surface area contributed by atoms with Gasteiger partial charge in [0, 0.05) is 34.9 Å². The number of anilines is 1. The van der Waals surface area contributed by atoms with Crippen LogP contribution in [0.5, 0.6) is 0 Å². The first-order chi connectivity index (χ1) is 17.9. The van der Waals surface area contributed by atoms with E-state index < -0.39 is 29.6 Å². The minimum Gasteiger partial charge on any atom is -0.376 e. The number of likely N-dealkylation sites (tertiary alicyclic amines) is 1. The largest absolute Gasteiger partial charge is 0.376 e. The predicted octanol–water partition coefficient (Wildman–Crippen LogP) is 3.93. The number of nitrogens with zero attached hydrogens (tertiary/aromatic N) is 1. The number of benzene rings is 1. The number of hydrogen-bond acceptors (Lipinski definition) is 5. The molecule has 5 aliphatic rings. The molecule has 2 bridgehead atoms. The quantitative estimate of drug-likeness (QED) is 0.560. The average Bonchev–Trinajstić information content (AvgIpc) is 3.62. The van der Waals surface area contributed by atoms with Crippen molar-refractivity contribution in [2.45, 2.75) is 87.7 Å². The van der Waals surface area contributed by atoms with E-state index >= 15 is 0 Å². The highest BCUT2D eigenvalue weighted by Gasteiger charge is 2.74. The zero-order valence-electron chi connectivity index (χ0n) is 20.7. The van der Waals surface area contributed by atoms with Gasteiger partial charge in [-0.1, -0.05) is 42.5 Å². The van der Waals surface area contributed by atoms with Gasteiger partial charge in [0.25, 0.3) is 0 Å². The van der Waals surface area contributed by atoms with Gasteiger partial charge in [-0.05, 0) is 56.7 Å². The summed E-state index contributed by atoms with van der Waals surface area (Å²) in [6, 6.07) is 4.18. The second-order valence-corrected chi connectivity index (χ2v) is 12.0. The van der Waals surface area contributed by atoms with E-state index in [1.54, 1.807) is 23.1 Å². The Balaban J connectivity index is 1.29. The molecule has 6 atom stereocenters. The van der Waals surface area contributed by atoms with Crippen LogP contribution in [0.4, 0.5) is 5.69 Å². The maximum absolute atomic E-state index is 14.0. The molecule has 2 N–H and O–H groups in total. The molecule has 5 fully saturated rings. The third kappa shape index (κ3) is 4.54. The van der Waals surface area contributed by atoms with Gasteiger partial charge in [-0.25, -0.2) is 0 Å². The topological polar surface area (TPSA) is 97.0 Å². The van der Waals surface area contributed by atoms with Crippen LogP contribution in [0, 0.1) is 11.8 Å². The van der Waals surface area contributed by atoms with E-state index in [4.69, 9.17) is 32.7 Å². The number of fused-ring (bicyclic) bond motifs is 1. The molecule has 8 nitrogen and oxygen atoms in total. The summed E-state index contributed by atoms with van der Waals surface area (Å²) in [6.45, 7) is 0.998. The molecule has 10 heteroatoms. The molecule has 3 amide bonds. The van der Waals surface area contributed by atoms with Crippen molar-refractivity contribution in [2.75, 3.05) is 18.5 Å². The summed E-state index contributed by atoms with van der Waals surface area (Å²) in [5.41, 5.74) is -0.542. The van der Waals surface area contributed by atoms with Crippen LogP contribution in [0.3, 0.4) is 0 Å². The Labute approximate surface area is 226 Å². The zero-order valence-corrected chi connectivity index (χ0v) is 22.2. The summed E-state index contributed by atoms with van der Waals surface area (Å²) in [4.78, 5) is 43.1. The normalized spacial score (nSPS) is 35.1. The van der Waals surface area contributed by atoms with Crippen molar-refractivity contribution in [3.8, 4) is 0 Å². The molecule has 1 aromatic rings. The zero-order chi connectivity index (χ0) is 25.7. The molecule has 4 aliphatic heterocycles. The van der Waals surface area contributed by atoms with E-state index in [-0.39, 0.29) is 29.9 Å². The fourth-order valence-electron chi connectivity index (χ4n) is 7.34.